The largest absolute Gasteiger partial charge is 0.386 e. The van der Waals surface area contributed by atoms with Gasteiger partial charge in [-0.05, 0) is 26.0 Å². The van der Waals surface area contributed by atoms with Gasteiger partial charge >= 0.3 is 0 Å². The third-order valence-corrected chi connectivity index (χ3v) is 5.90. The Morgan fingerprint density at radius 1 is 1.47 bits per heavy atom. The van der Waals surface area contributed by atoms with Crippen LogP contribution in [0.1, 0.15) is 24.8 Å². The quantitative estimate of drug-likeness (QED) is 0.915. The lowest BCUT2D eigenvalue weighted by Gasteiger charge is -2.27. The summed E-state index contributed by atoms with van der Waals surface area (Å²) in [7, 11) is -3.33. The molecule has 0 fully saturated rings. The fraction of sp³-hybridized carbons (Fsp3) is 0.556. The molecule has 0 aliphatic carbocycles. The predicted octanol–water partition coefficient (Wildman–Crippen LogP) is 2.26. The van der Waals surface area contributed by atoms with Crippen LogP contribution in [0.2, 0.25) is 4.34 Å². The first kappa shape index (κ1) is 13.0. The van der Waals surface area contributed by atoms with Gasteiger partial charge in [0.25, 0.3) is 0 Å². The Balaban J connectivity index is 3.10. The van der Waals surface area contributed by atoms with Gasteiger partial charge in [-0.15, -0.1) is 11.3 Å². The summed E-state index contributed by atoms with van der Waals surface area (Å²) in [6.45, 7) is 3.00. The average molecular weight is 269 g/mol. The van der Waals surface area contributed by atoms with E-state index in [4.69, 9.17) is 11.6 Å². The molecule has 1 aromatic rings. The molecule has 0 amide bonds. The molecule has 6 heteroatoms. The van der Waals surface area contributed by atoms with E-state index in [2.05, 4.69) is 0 Å². The van der Waals surface area contributed by atoms with E-state index in [1.54, 1.807) is 12.1 Å². The van der Waals surface area contributed by atoms with Crippen molar-refractivity contribution in [3.05, 3.63) is 21.3 Å². The van der Waals surface area contributed by atoms with Crippen LogP contribution >= 0.6 is 22.9 Å². The van der Waals surface area contributed by atoms with E-state index < -0.39 is 20.7 Å². The van der Waals surface area contributed by atoms with E-state index in [9.17, 15) is 13.5 Å². The molecule has 1 unspecified atom stereocenters. The van der Waals surface area contributed by atoms with Crippen molar-refractivity contribution >= 4 is 32.8 Å². The standard InChI is InChI=1S/C9H13ClO3S2/c1-9(2,15(3,12)13)8(11)6-4-5-7(10)14-6/h4-5,8,11H,1-3H3. The van der Waals surface area contributed by atoms with Crippen molar-refractivity contribution < 1.29 is 13.5 Å². The lowest BCUT2D eigenvalue weighted by atomic mass is 10.1. The Labute approximate surface area is 98.6 Å². The molecular formula is C9H13ClO3S2. The van der Waals surface area contributed by atoms with Crippen molar-refractivity contribution in [3.8, 4) is 0 Å². The molecule has 0 aromatic carbocycles. The van der Waals surface area contributed by atoms with E-state index in [0.717, 1.165) is 6.26 Å². The number of halogens is 1. The van der Waals surface area contributed by atoms with Crippen molar-refractivity contribution in [1.82, 2.24) is 0 Å². The van der Waals surface area contributed by atoms with E-state index in [1.807, 2.05) is 0 Å². The summed E-state index contributed by atoms with van der Waals surface area (Å²) in [5.74, 6) is 0. The maximum atomic E-state index is 11.5. The van der Waals surface area contributed by atoms with Gasteiger partial charge in [-0.1, -0.05) is 11.6 Å². The molecule has 0 bridgehead atoms. The second-order valence-electron chi connectivity index (χ2n) is 3.92. The van der Waals surface area contributed by atoms with Crippen LogP contribution in [-0.4, -0.2) is 24.5 Å². The number of thiophene rings is 1. The highest BCUT2D eigenvalue weighted by atomic mass is 35.5. The van der Waals surface area contributed by atoms with Crippen LogP contribution in [0.4, 0.5) is 0 Å². The number of aliphatic hydroxyl groups excluding tert-OH is 1. The zero-order valence-corrected chi connectivity index (χ0v) is 11.1. The zero-order chi connectivity index (χ0) is 11.9. The number of sulfone groups is 1. The lowest BCUT2D eigenvalue weighted by Crippen LogP contribution is -2.37. The Hall–Kier alpha value is -0.100. The van der Waals surface area contributed by atoms with Gasteiger partial charge in [-0.2, -0.15) is 0 Å². The van der Waals surface area contributed by atoms with Gasteiger partial charge in [0.15, 0.2) is 9.84 Å². The van der Waals surface area contributed by atoms with Crippen molar-refractivity contribution in [2.24, 2.45) is 0 Å². The van der Waals surface area contributed by atoms with Crippen LogP contribution < -0.4 is 0 Å². The van der Waals surface area contributed by atoms with Gasteiger partial charge in [-0.3, -0.25) is 0 Å². The smallest absolute Gasteiger partial charge is 0.155 e. The fourth-order valence-electron chi connectivity index (χ4n) is 1.02. The molecule has 0 aliphatic rings. The molecule has 0 saturated carbocycles. The summed E-state index contributed by atoms with van der Waals surface area (Å²) in [5, 5.41) is 9.97. The molecule has 1 heterocycles. The van der Waals surface area contributed by atoms with Gasteiger partial charge in [0.1, 0.15) is 6.10 Å². The summed E-state index contributed by atoms with van der Waals surface area (Å²) in [6, 6.07) is 3.29. The van der Waals surface area contributed by atoms with E-state index in [0.29, 0.717) is 9.21 Å². The van der Waals surface area contributed by atoms with Crippen LogP contribution in [0.25, 0.3) is 0 Å². The van der Waals surface area contributed by atoms with Crippen molar-refractivity contribution in [3.63, 3.8) is 0 Å². The Morgan fingerprint density at radius 2 is 2.00 bits per heavy atom. The normalized spacial score (nSPS) is 15.3. The highest BCUT2D eigenvalue weighted by Crippen LogP contribution is 2.36. The first-order chi connectivity index (χ1) is 6.66. The van der Waals surface area contributed by atoms with Crippen LogP contribution in [-0.2, 0) is 9.84 Å². The summed E-state index contributed by atoms with van der Waals surface area (Å²) in [4.78, 5) is 0.565. The van der Waals surface area contributed by atoms with Crippen molar-refractivity contribution in [2.75, 3.05) is 6.26 Å². The molecule has 3 nitrogen and oxygen atoms in total. The summed E-state index contributed by atoms with van der Waals surface area (Å²) in [5.41, 5.74) is 0. The fourth-order valence-corrected chi connectivity index (χ4v) is 2.86. The number of rotatable bonds is 3. The second kappa shape index (κ2) is 4.05. The van der Waals surface area contributed by atoms with Crippen LogP contribution in [0.15, 0.2) is 12.1 Å². The molecule has 0 spiro atoms. The minimum atomic E-state index is -3.33. The molecular weight excluding hydrogens is 256 g/mol. The maximum absolute atomic E-state index is 11.5. The molecule has 0 radical (unpaired) electrons. The molecule has 1 aromatic heterocycles. The van der Waals surface area contributed by atoms with Gasteiger partial charge < -0.3 is 5.11 Å². The first-order valence-corrected chi connectivity index (χ1v) is 7.38. The van der Waals surface area contributed by atoms with Crippen LogP contribution in [0, 0.1) is 0 Å². The molecule has 1 N–H and O–H groups in total. The third-order valence-electron chi connectivity index (χ3n) is 2.48. The summed E-state index contributed by atoms with van der Waals surface area (Å²) in [6.07, 6.45) is 0.0656. The SMILES string of the molecule is CC(C)(C(O)c1ccc(Cl)s1)S(C)(=O)=O. The van der Waals surface area contributed by atoms with Gasteiger partial charge in [0.2, 0.25) is 0 Å². The van der Waals surface area contributed by atoms with Crippen molar-refractivity contribution in [1.29, 1.82) is 0 Å². The van der Waals surface area contributed by atoms with E-state index in [1.165, 1.54) is 25.2 Å². The van der Waals surface area contributed by atoms with Gasteiger partial charge in [-0.25, -0.2) is 8.42 Å². The Bertz CT molecular complexity index is 448. The van der Waals surface area contributed by atoms with Gasteiger partial charge in [0.05, 0.1) is 9.08 Å². The maximum Gasteiger partial charge on any atom is 0.155 e. The molecule has 0 saturated heterocycles. The monoisotopic (exact) mass is 268 g/mol. The molecule has 86 valence electrons. The van der Waals surface area contributed by atoms with E-state index >= 15 is 0 Å². The molecule has 1 rings (SSSR count). The van der Waals surface area contributed by atoms with E-state index in [-0.39, 0.29) is 0 Å². The number of hydrogen-bond donors (Lipinski definition) is 1. The highest BCUT2D eigenvalue weighted by molar-refractivity contribution is 7.92. The first-order valence-electron chi connectivity index (χ1n) is 4.29. The average Bonchev–Trinajstić information content (AvgIpc) is 2.48. The molecule has 15 heavy (non-hydrogen) atoms. The van der Waals surface area contributed by atoms with Crippen molar-refractivity contribution in [2.45, 2.75) is 24.7 Å². The predicted molar refractivity (Wildman–Crippen MR) is 63.2 cm³/mol. The summed E-state index contributed by atoms with van der Waals surface area (Å²) >= 11 is 6.92. The molecule has 0 aliphatic heterocycles. The van der Waals surface area contributed by atoms with Crippen LogP contribution in [0.5, 0.6) is 0 Å². The number of aliphatic hydroxyl groups is 1. The second-order valence-corrected chi connectivity index (χ2v) is 8.26. The number of hydrogen-bond acceptors (Lipinski definition) is 4. The third kappa shape index (κ3) is 2.53. The topological polar surface area (TPSA) is 54.4 Å². The summed E-state index contributed by atoms with van der Waals surface area (Å²) < 4.78 is 22.3. The Kier molecular flexibility index (Phi) is 3.50. The zero-order valence-electron chi connectivity index (χ0n) is 8.69. The highest BCUT2D eigenvalue weighted by Gasteiger charge is 2.39. The Morgan fingerprint density at radius 3 is 2.33 bits per heavy atom. The minimum Gasteiger partial charge on any atom is -0.386 e. The van der Waals surface area contributed by atoms with Crippen LogP contribution in [0.3, 0.4) is 0 Å². The molecule has 1 atom stereocenters. The minimum absolute atomic E-state index is 0.536. The lowest BCUT2D eigenvalue weighted by molar-refractivity contribution is 0.143. The van der Waals surface area contributed by atoms with Gasteiger partial charge in [0, 0.05) is 11.1 Å².